The summed E-state index contributed by atoms with van der Waals surface area (Å²) in [4.78, 5) is 0. The minimum atomic E-state index is 1.12. The fourth-order valence-electron chi connectivity index (χ4n) is 1.96. The molecule has 1 aliphatic rings. The van der Waals surface area contributed by atoms with E-state index in [-0.39, 0.29) is 0 Å². The average molecular weight is 186 g/mol. The molecule has 0 fully saturated rings. The summed E-state index contributed by atoms with van der Waals surface area (Å²) in [5, 5.41) is 3.55. The van der Waals surface area contributed by atoms with Crippen LogP contribution in [0, 0.1) is 0 Å². The molecule has 1 aromatic carbocycles. The number of thiophene rings is 1. The van der Waals surface area contributed by atoms with Gasteiger partial charge in [-0.15, -0.1) is 11.3 Å². The molecule has 1 heterocycles. The molecular formula is C12H10S. The van der Waals surface area contributed by atoms with Crippen molar-refractivity contribution in [1.82, 2.24) is 0 Å². The third-order valence-corrected chi connectivity index (χ3v) is 3.61. The van der Waals surface area contributed by atoms with Crippen molar-refractivity contribution >= 4 is 27.0 Å². The van der Waals surface area contributed by atoms with Crippen molar-refractivity contribution in [2.45, 2.75) is 13.3 Å². The lowest BCUT2D eigenvalue weighted by Crippen LogP contribution is -1.81. The van der Waals surface area contributed by atoms with Gasteiger partial charge >= 0.3 is 0 Å². The Morgan fingerprint density at radius 1 is 1.31 bits per heavy atom. The second-order valence-electron chi connectivity index (χ2n) is 3.56. The predicted molar refractivity (Wildman–Crippen MR) is 59.2 cm³/mol. The van der Waals surface area contributed by atoms with Gasteiger partial charge < -0.3 is 0 Å². The van der Waals surface area contributed by atoms with E-state index >= 15 is 0 Å². The molecule has 0 spiro atoms. The van der Waals surface area contributed by atoms with E-state index in [2.05, 4.69) is 36.6 Å². The molecule has 0 amide bonds. The molecule has 1 heteroatoms. The fraction of sp³-hybridized carbons (Fsp3) is 0.167. The normalized spacial score (nSPS) is 14.7. The number of hydrogen-bond acceptors (Lipinski definition) is 1. The number of rotatable bonds is 0. The minimum Gasteiger partial charge on any atom is -0.144 e. The van der Waals surface area contributed by atoms with Crippen molar-refractivity contribution < 1.29 is 0 Å². The van der Waals surface area contributed by atoms with Crippen molar-refractivity contribution in [3.8, 4) is 0 Å². The van der Waals surface area contributed by atoms with E-state index < -0.39 is 0 Å². The van der Waals surface area contributed by atoms with Gasteiger partial charge in [0.05, 0.1) is 0 Å². The average Bonchev–Trinajstić information content (AvgIpc) is 2.70. The standard InChI is InChI=1S/C12H10S/c1-8-2-3-9-7-12-10(4-5-13-12)6-11(8)9/h2,4-7H,3H2,1H3. The van der Waals surface area contributed by atoms with Crippen molar-refractivity contribution in [3.63, 3.8) is 0 Å². The van der Waals surface area contributed by atoms with Gasteiger partial charge in [-0.05, 0) is 59.0 Å². The Hall–Kier alpha value is -1.08. The molecule has 0 nitrogen and oxygen atoms in total. The van der Waals surface area contributed by atoms with Gasteiger partial charge in [0.1, 0.15) is 0 Å². The molecule has 0 saturated carbocycles. The zero-order valence-corrected chi connectivity index (χ0v) is 8.32. The van der Waals surface area contributed by atoms with Crippen LogP contribution >= 0.6 is 11.3 Å². The topological polar surface area (TPSA) is 0 Å². The highest BCUT2D eigenvalue weighted by atomic mass is 32.1. The molecular weight excluding hydrogens is 176 g/mol. The Balaban J connectivity index is 2.39. The molecule has 1 aromatic heterocycles. The van der Waals surface area contributed by atoms with E-state index in [9.17, 15) is 0 Å². The molecule has 1 aliphatic carbocycles. The first-order valence-electron chi connectivity index (χ1n) is 4.52. The van der Waals surface area contributed by atoms with E-state index in [4.69, 9.17) is 0 Å². The Labute approximate surface area is 81.5 Å². The van der Waals surface area contributed by atoms with Gasteiger partial charge in [-0.3, -0.25) is 0 Å². The third-order valence-electron chi connectivity index (χ3n) is 2.73. The first kappa shape index (κ1) is 7.34. The molecule has 0 radical (unpaired) electrons. The van der Waals surface area contributed by atoms with Gasteiger partial charge in [0, 0.05) is 4.70 Å². The highest BCUT2D eigenvalue weighted by molar-refractivity contribution is 7.17. The Morgan fingerprint density at radius 2 is 2.23 bits per heavy atom. The first-order valence-corrected chi connectivity index (χ1v) is 5.40. The van der Waals surface area contributed by atoms with Crippen LogP contribution in [0.4, 0.5) is 0 Å². The largest absolute Gasteiger partial charge is 0.144 e. The molecule has 64 valence electrons. The van der Waals surface area contributed by atoms with Crippen LogP contribution in [-0.2, 0) is 6.42 Å². The van der Waals surface area contributed by atoms with Crippen LogP contribution in [0.15, 0.2) is 29.7 Å². The van der Waals surface area contributed by atoms with Gasteiger partial charge in [0.2, 0.25) is 0 Å². The maximum absolute atomic E-state index is 2.34. The minimum absolute atomic E-state index is 1.12. The van der Waals surface area contributed by atoms with Crippen LogP contribution in [0.25, 0.3) is 15.7 Å². The van der Waals surface area contributed by atoms with Crippen LogP contribution in [-0.4, -0.2) is 0 Å². The summed E-state index contributed by atoms with van der Waals surface area (Å²) in [6.45, 7) is 2.20. The monoisotopic (exact) mass is 186 g/mol. The zero-order valence-electron chi connectivity index (χ0n) is 7.50. The first-order chi connectivity index (χ1) is 6.34. The highest BCUT2D eigenvalue weighted by Gasteiger charge is 2.11. The summed E-state index contributed by atoms with van der Waals surface area (Å²) in [6, 6.07) is 6.86. The Kier molecular flexibility index (Phi) is 1.39. The lowest BCUT2D eigenvalue weighted by atomic mass is 10.0. The molecule has 0 aliphatic heterocycles. The third kappa shape index (κ3) is 0.971. The number of benzene rings is 1. The smallest absolute Gasteiger partial charge is 0.0345 e. The molecule has 3 rings (SSSR count). The summed E-state index contributed by atoms with van der Waals surface area (Å²) in [6.07, 6.45) is 3.43. The van der Waals surface area contributed by atoms with Crippen LogP contribution in [0.1, 0.15) is 18.1 Å². The molecule has 0 saturated heterocycles. The van der Waals surface area contributed by atoms with Gasteiger partial charge in [-0.1, -0.05) is 6.08 Å². The number of fused-ring (bicyclic) bond motifs is 2. The maximum atomic E-state index is 2.34. The van der Waals surface area contributed by atoms with E-state index in [1.54, 1.807) is 0 Å². The summed E-state index contributed by atoms with van der Waals surface area (Å²) in [7, 11) is 0. The SMILES string of the molecule is CC1=CCc2cc3sccc3cc21. The molecule has 2 aromatic rings. The Morgan fingerprint density at radius 3 is 3.15 bits per heavy atom. The maximum Gasteiger partial charge on any atom is 0.0345 e. The summed E-state index contributed by atoms with van der Waals surface area (Å²) < 4.78 is 1.42. The lowest BCUT2D eigenvalue weighted by molar-refractivity contribution is 1.33. The second kappa shape index (κ2) is 2.46. The zero-order chi connectivity index (χ0) is 8.84. The Bertz CT molecular complexity index is 503. The van der Waals surface area contributed by atoms with Gasteiger partial charge in [-0.2, -0.15) is 0 Å². The van der Waals surface area contributed by atoms with Gasteiger partial charge in [0.25, 0.3) is 0 Å². The van der Waals surface area contributed by atoms with Crippen molar-refractivity contribution in [2.24, 2.45) is 0 Å². The summed E-state index contributed by atoms with van der Waals surface area (Å²) in [5.74, 6) is 0. The van der Waals surface area contributed by atoms with Crippen molar-refractivity contribution in [3.05, 3.63) is 40.8 Å². The predicted octanol–water partition coefficient (Wildman–Crippen LogP) is 3.86. The fourth-order valence-corrected chi connectivity index (χ4v) is 2.80. The highest BCUT2D eigenvalue weighted by Crippen LogP contribution is 2.32. The van der Waals surface area contributed by atoms with E-state index in [0.717, 1.165) is 6.42 Å². The van der Waals surface area contributed by atoms with Crippen molar-refractivity contribution in [1.29, 1.82) is 0 Å². The summed E-state index contributed by atoms with van der Waals surface area (Å²) >= 11 is 1.83. The number of hydrogen-bond donors (Lipinski definition) is 0. The molecule has 0 bridgehead atoms. The van der Waals surface area contributed by atoms with E-state index in [1.165, 1.54) is 26.8 Å². The van der Waals surface area contributed by atoms with E-state index in [0.29, 0.717) is 0 Å². The molecule has 0 N–H and O–H groups in total. The van der Waals surface area contributed by atoms with E-state index in [1.807, 2.05) is 11.3 Å². The number of allylic oxidation sites excluding steroid dienone is 2. The molecule has 13 heavy (non-hydrogen) atoms. The van der Waals surface area contributed by atoms with Crippen LogP contribution in [0.5, 0.6) is 0 Å². The second-order valence-corrected chi connectivity index (χ2v) is 4.51. The summed E-state index contributed by atoms with van der Waals surface area (Å²) in [5.41, 5.74) is 4.38. The quantitative estimate of drug-likeness (QED) is 0.586. The van der Waals surface area contributed by atoms with Crippen LogP contribution < -0.4 is 0 Å². The van der Waals surface area contributed by atoms with Crippen LogP contribution in [0.3, 0.4) is 0 Å². The van der Waals surface area contributed by atoms with Gasteiger partial charge in [0.15, 0.2) is 0 Å². The van der Waals surface area contributed by atoms with Gasteiger partial charge in [-0.25, -0.2) is 0 Å². The lowest BCUT2D eigenvalue weighted by Gasteiger charge is -2.01. The van der Waals surface area contributed by atoms with Crippen molar-refractivity contribution in [2.75, 3.05) is 0 Å². The van der Waals surface area contributed by atoms with Crippen LogP contribution in [0.2, 0.25) is 0 Å². The molecule has 0 unspecified atom stereocenters. The molecule has 0 atom stereocenters.